The molecule has 0 heterocycles. The standard InChI is InChI=1S/C5H13N.C3H3NO/c1-5(2,3)6-4;4-2-1-3-5/h6H,1-4H3;3H,1H2. The van der Waals surface area contributed by atoms with Crippen molar-refractivity contribution in [3.63, 3.8) is 0 Å². The molecule has 0 aromatic carbocycles. The number of nitrogens with zero attached hydrogens (tertiary/aromatic N) is 1. The molecule has 0 radical (unpaired) electrons. The molecule has 0 rings (SSSR count). The summed E-state index contributed by atoms with van der Waals surface area (Å²) in [6, 6.07) is 1.65. The van der Waals surface area contributed by atoms with Crippen LogP contribution in [0.15, 0.2) is 0 Å². The van der Waals surface area contributed by atoms with Crippen LogP contribution >= 0.6 is 0 Å². The van der Waals surface area contributed by atoms with E-state index in [2.05, 4.69) is 26.1 Å². The highest BCUT2D eigenvalue weighted by Crippen LogP contribution is 1.93. The number of aldehydes is 1. The molecule has 64 valence electrons. The summed E-state index contributed by atoms with van der Waals surface area (Å²) in [5.74, 6) is 0. The minimum absolute atomic E-state index is 0.0139. The summed E-state index contributed by atoms with van der Waals surface area (Å²) < 4.78 is 0. The van der Waals surface area contributed by atoms with Gasteiger partial charge in [-0.05, 0) is 27.8 Å². The van der Waals surface area contributed by atoms with E-state index in [9.17, 15) is 4.79 Å². The molecule has 0 bridgehead atoms. The minimum Gasteiger partial charge on any atom is -0.315 e. The van der Waals surface area contributed by atoms with E-state index in [0.717, 1.165) is 0 Å². The van der Waals surface area contributed by atoms with Gasteiger partial charge in [-0.15, -0.1) is 0 Å². The van der Waals surface area contributed by atoms with Crippen molar-refractivity contribution in [1.29, 1.82) is 5.26 Å². The van der Waals surface area contributed by atoms with Crippen molar-refractivity contribution in [1.82, 2.24) is 5.32 Å². The van der Waals surface area contributed by atoms with Gasteiger partial charge in [0.05, 0.1) is 12.5 Å². The van der Waals surface area contributed by atoms with Crippen LogP contribution < -0.4 is 5.32 Å². The van der Waals surface area contributed by atoms with Crippen molar-refractivity contribution >= 4 is 6.29 Å². The lowest BCUT2D eigenvalue weighted by atomic mass is 10.1. The van der Waals surface area contributed by atoms with Gasteiger partial charge in [-0.1, -0.05) is 0 Å². The van der Waals surface area contributed by atoms with E-state index in [-0.39, 0.29) is 6.42 Å². The molecule has 0 saturated heterocycles. The summed E-state index contributed by atoms with van der Waals surface area (Å²) in [7, 11) is 1.96. The average molecular weight is 156 g/mol. The van der Waals surface area contributed by atoms with Crippen LogP contribution in [-0.2, 0) is 4.79 Å². The Morgan fingerprint density at radius 1 is 1.55 bits per heavy atom. The normalized spacial score (nSPS) is 9.00. The molecule has 3 heteroatoms. The Kier molecular flexibility index (Phi) is 8.39. The quantitative estimate of drug-likeness (QED) is 0.578. The van der Waals surface area contributed by atoms with Gasteiger partial charge < -0.3 is 10.1 Å². The number of carbonyl (C=O) groups excluding carboxylic acids is 1. The lowest BCUT2D eigenvalue weighted by molar-refractivity contribution is -0.107. The summed E-state index contributed by atoms with van der Waals surface area (Å²) in [6.07, 6.45) is 0.583. The van der Waals surface area contributed by atoms with Crippen LogP contribution in [0.2, 0.25) is 0 Å². The fourth-order valence-electron chi connectivity index (χ4n) is 0.0373. The predicted octanol–water partition coefficient (Wildman–Crippen LogP) is 1.10. The fraction of sp³-hybridized carbons (Fsp3) is 0.750. The zero-order chi connectivity index (χ0) is 9.33. The Bertz CT molecular complexity index is 130. The van der Waals surface area contributed by atoms with E-state index >= 15 is 0 Å². The highest BCUT2D eigenvalue weighted by Gasteiger charge is 2.01. The molecule has 0 aromatic heterocycles. The molecule has 0 amide bonds. The topological polar surface area (TPSA) is 52.9 Å². The van der Waals surface area contributed by atoms with E-state index in [1.54, 1.807) is 6.07 Å². The van der Waals surface area contributed by atoms with E-state index in [1.807, 2.05) is 7.05 Å². The molecule has 0 aromatic rings. The van der Waals surface area contributed by atoms with Gasteiger partial charge >= 0.3 is 0 Å². The lowest BCUT2D eigenvalue weighted by Crippen LogP contribution is -2.31. The van der Waals surface area contributed by atoms with Gasteiger partial charge in [0.2, 0.25) is 0 Å². The van der Waals surface area contributed by atoms with Crippen LogP contribution in [0.5, 0.6) is 0 Å². The monoisotopic (exact) mass is 156 g/mol. The summed E-state index contributed by atoms with van der Waals surface area (Å²) >= 11 is 0. The molecule has 0 saturated carbocycles. The molecule has 1 N–H and O–H groups in total. The maximum absolute atomic E-state index is 9.18. The molecule has 0 aliphatic carbocycles. The first-order valence-corrected chi connectivity index (χ1v) is 3.47. The Labute approximate surface area is 68.4 Å². The van der Waals surface area contributed by atoms with Crippen molar-refractivity contribution in [2.75, 3.05) is 7.05 Å². The first kappa shape index (κ1) is 12.8. The largest absolute Gasteiger partial charge is 0.315 e. The van der Waals surface area contributed by atoms with Crippen molar-refractivity contribution < 1.29 is 4.79 Å². The first-order chi connectivity index (χ1) is 4.97. The minimum atomic E-state index is 0.0139. The Morgan fingerprint density at radius 2 is 1.91 bits per heavy atom. The maximum Gasteiger partial charge on any atom is 0.134 e. The number of hydrogen-bond donors (Lipinski definition) is 1. The predicted molar refractivity (Wildman–Crippen MR) is 45.1 cm³/mol. The highest BCUT2D eigenvalue weighted by molar-refractivity contribution is 5.52. The molecular weight excluding hydrogens is 140 g/mol. The van der Waals surface area contributed by atoms with Crippen molar-refractivity contribution in [3.05, 3.63) is 0 Å². The third-order valence-electron chi connectivity index (χ3n) is 0.925. The van der Waals surface area contributed by atoms with Crippen molar-refractivity contribution in [2.24, 2.45) is 0 Å². The van der Waals surface area contributed by atoms with Gasteiger partial charge in [0.15, 0.2) is 0 Å². The highest BCUT2D eigenvalue weighted by atomic mass is 16.1. The third kappa shape index (κ3) is 27.2. The zero-order valence-corrected chi connectivity index (χ0v) is 7.64. The summed E-state index contributed by atoms with van der Waals surface area (Å²) in [5, 5.41) is 10.7. The molecule has 0 spiro atoms. The second-order valence-corrected chi connectivity index (χ2v) is 3.03. The Hall–Kier alpha value is -0.880. The number of carbonyl (C=O) groups is 1. The van der Waals surface area contributed by atoms with E-state index in [0.29, 0.717) is 11.8 Å². The SMILES string of the molecule is CNC(C)(C)C.N#CCC=O. The number of nitrogens with one attached hydrogen (secondary N) is 1. The van der Waals surface area contributed by atoms with Crippen molar-refractivity contribution in [2.45, 2.75) is 32.7 Å². The molecular formula is C8H16N2O. The fourth-order valence-corrected chi connectivity index (χ4v) is 0.0373. The molecule has 0 atom stereocenters. The average Bonchev–Trinajstić information content (AvgIpc) is 1.90. The van der Waals surface area contributed by atoms with Gasteiger partial charge in [0.25, 0.3) is 0 Å². The summed E-state index contributed by atoms with van der Waals surface area (Å²) in [6.45, 7) is 6.40. The van der Waals surface area contributed by atoms with E-state index in [1.165, 1.54) is 0 Å². The van der Waals surface area contributed by atoms with E-state index < -0.39 is 0 Å². The summed E-state index contributed by atoms with van der Waals surface area (Å²) in [4.78, 5) is 9.18. The summed E-state index contributed by atoms with van der Waals surface area (Å²) in [5.41, 5.74) is 0.292. The zero-order valence-electron chi connectivity index (χ0n) is 7.64. The molecule has 0 aliphatic rings. The van der Waals surface area contributed by atoms with E-state index in [4.69, 9.17) is 5.26 Å². The molecule has 0 aliphatic heterocycles. The lowest BCUT2D eigenvalue weighted by Gasteiger charge is -2.15. The van der Waals surface area contributed by atoms with Crippen LogP contribution in [0.3, 0.4) is 0 Å². The molecule has 0 unspecified atom stereocenters. The van der Waals surface area contributed by atoms with Crippen LogP contribution in [0.1, 0.15) is 27.2 Å². The second-order valence-electron chi connectivity index (χ2n) is 3.03. The Balaban J connectivity index is 0. The molecule has 0 fully saturated rings. The number of rotatable bonds is 1. The third-order valence-corrected chi connectivity index (χ3v) is 0.925. The van der Waals surface area contributed by atoms with Gasteiger partial charge in [-0.2, -0.15) is 5.26 Å². The molecule has 3 nitrogen and oxygen atoms in total. The van der Waals surface area contributed by atoms with Crippen LogP contribution in [0.4, 0.5) is 0 Å². The van der Waals surface area contributed by atoms with Crippen LogP contribution in [0.25, 0.3) is 0 Å². The van der Waals surface area contributed by atoms with Gasteiger partial charge in [-0.25, -0.2) is 0 Å². The molecule has 11 heavy (non-hydrogen) atoms. The number of hydrogen-bond acceptors (Lipinski definition) is 3. The van der Waals surface area contributed by atoms with Gasteiger partial charge in [0.1, 0.15) is 6.29 Å². The Morgan fingerprint density at radius 3 is 1.91 bits per heavy atom. The first-order valence-electron chi connectivity index (χ1n) is 3.47. The number of nitriles is 1. The second kappa shape index (κ2) is 7.23. The van der Waals surface area contributed by atoms with Crippen LogP contribution in [0, 0.1) is 11.3 Å². The van der Waals surface area contributed by atoms with Gasteiger partial charge in [0, 0.05) is 5.54 Å². The smallest absolute Gasteiger partial charge is 0.134 e. The van der Waals surface area contributed by atoms with Gasteiger partial charge in [-0.3, -0.25) is 0 Å². The maximum atomic E-state index is 9.18. The van der Waals surface area contributed by atoms with Crippen molar-refractivity contribution in [3.8, 4) is 6.07 Å². The van der Waals surface area contributed by atoms with Crippen LogP contribution in [-0.4, -0.2) is 18.9 Å².